The average Bonchev–Trinajstić information content (AvgIpc) is 2.82. The number of hydrogen-bond donors (Lipinski definition) is 0. The van der Waals surface area contributed by atoms with E-state index < -0.39 is 0 Å². The molecule has 0 bridgehead atoms. The first-order valence-electron chi connectivity index (χ1n) is 5.94. The molecule has 0 amide bonds. The van der Waals surface area contributed by atoms with E-state index in [4.69, 9.17) is 4.74 Å². The molecule has 0 aliphatic rings. The van der Waals surface area contributed by atoms with Gasteiger partial charge in [-0.2, -0.15) is 0 Å². The predicted molar refractivity (Wildman–Crippen MR) is 85.1 cm³/mol. The smallest absolute Gasteiger partial charge is 0.170 e. The Morgan fingerprint density at radius 1 is 1.25 bits per heavy atom. The van der Waals surface area contributed by atoms with Crippen molar-refractivity contribution in [2.75, 3.05) is 7.11 Å². The molecular formula is C14H11Br2N3O. The van der Waals surface area contributed by atoms with Gasteiger partial charge in [-0.1, -0.05) is 6.07 Å². The molecule has 0 saturated heterocycles. The highest BCUT2D eigenvalue weighted by molar-refractivity contribution is 9.11. The Hall–Kier alpha value is -1.40. The second kappa shape index (κ2) is 5.18. The van der Waals surface area contributed by atoms with Gasteiger partial charge in [0.2, 0.25) is 0 Å². The van der Waals surface area contributed by atoms with Crippen molar-refractivity contribution in [2.45, 2.75) is 6.92 Å². The summed E-state index contributed by atoms with van der Waals surface area (Å²) in [6.07, 6.45) is 3.71. The number of hydrogen-bond acceptors (Lipinski definition) is 3. The van der Waals surface area contributed by atoms with Crippen molar-refractivity contribution >= 4 is 37.5 Å². The van der Waals surface area contributed by atoms with Gasteiger partial charge in [-0.15, -0.1) is 0 Å². The molecule has 0 fully saturated rings. The van der Waals surface area contributed by atoms with Crippen LogP contribution in [0.3, 0.4) is 0 Å². The van der Waals surface area contributed by atoms with Gasteiger partial charge in [-0.25, -0.2) is 9.97 Å². The molecule has 0 unspecified atom stereocenters. The molecule has 102 valence electrons. The second-order valence-corrected chi connectivity index (χ2v) is 5.96. The van der Waals surface area contributed by atoms with E-state index in [1.165, 1.54) is 0 Å². The number of imidazole rings is 1. The predicted octanol–water partition coefficient (Wildman–Crippen LogP) is 4.24. The largest absolute Gasteiger partial charge is 0.496 e. The third kappa shape index (κ3) is 2.23. The van der Waals surface area contributed by atoms with E-state index in [-0.39, 0.29) is 0 Å². The van der Waals surface area contributed by atoms with E-state index in [9.17, 15) is 0 Å². The highest BCUT2D eigenvalue weighted by Gasteiger charge is 2.14. The van der Waals surface area contributed by atoms with Crippen LogP contribution in [0.15, 0.2) is 39.8 Å². The van der Waals surface area contributed by atoms with Crippen LogP contribution in [-0.2, 0) is 0 Å². The first kappa shape index (κ1) is 13.6. The van der Waals surface area contributed by atoms with Crippen LogP contribution >= 0.6 is 31.9 Å². The lowest BCUT2D eigenvalue weighted by Crippen LogP contribution is -1.94. The maximum atomic E-state index is 5.48. The monoisotopic (exact) mass is 395 g/mol. The van der Waals surface area contributed by atoms with Crippen LogP contribution < -0.4 is 4.74 Å². The molecule has 6 heteroatoms. The molecule has 2 heterocycles. The minimum Gasteiger partial charge on any atom is -0.496 e. The molecule has 0 N–H and O–H groups in total. The SMILES string of the molecule is COc1cc(C)ccc1-c1cnc2c(Br)nc(Br)cn12. The van der Waals surface area contributed by atoms with E-state index in [1.54, 1.807) is 7.11 Å². The second-order valence-electron chi connectivity index (χ2n) is 4.40. The van der Waals surface area contributed by atoms with Crippen molar-refractivity contribution in [1.82, 2.24) is 14.4 Å². The number of aryl methyl sites for hydroxylation is 1. The van der Waals surface area contributed by atoms with Gasteiger partial charge in [-0.3, -0.25) is 4.40 Å². The number of aromatic nitrogens is 3. The van der Waals surface area contributed by atoms with E-state index in [2.05, 4.69) is 47.9 Å². The third-order valence-corrected chi connectivity index (χ3v) is 3.97. The molecule has 4 nitrogen and oxygen atoms in total. The average molecular weight is 397 g/mol. The van der Waals surface area contributed by atoms with Gasteiger partial charge in [0.1, 0.15) is 10.4 Å². The lowest BCUT2D eigenvalue weighted by molar-refractivity contribution is 0.416. The molecule has 20 heavy (non-hydrogen) atoms. The van der Waals surface area contributed by atoms with Crippen LogP contribution in [-0.4, -0.2) is 21.5 Å². The summed E-state index contributed by atoms with van der Waals surface area (Å²) in [6.45, 7) is 2.04. The number of nitrogens with zero attached hydrogens (tertiary/aromatic N) is 3. The molecule has 0 atom stereocenters. The van der Waals surface area contributed by atoms with Crippen LogP contribution in [0.5, 0.6) is 5.75 Å². The highest BCUT2D eigenvalue weighted by Crippen LogP contribution is 2.32. The van der Waals surface area contributed by atoms with Gasteiger partial charge in [0, 0.05) is 11.8 Å². The van der Waals surface area contributed by atoms with E-state index in [0.717, 1.165) is 32.8 Å². The Morgan fingerprint density at radius 3 is 2.80 bits per heavy atom. The molecule has 0 aliphatic carbocycles. The maximum absolute atomic E-state index is 5.48. The van der Waals surface area contributed by atoms with Crippen LogP contribution in [0, 0.1) is 6.92 Å². The third-order valence-electron chi connectivity index (χ3n) is 3.05. The minimum absolute atomic E-state index is 0.698. The van der Waals surface area contributed by atoms with Gasteiger partial charge in [0.25, 0.3) is 0 Å². The lowest BCUT2D eigenvalue weighted by Gasteiger charge is -2.09. The van der Waals surface area contributed by atoms with Crippen LogP contribution in [0.4, 0.5) is 0 Å². The van der Waals surface area contributed by atoms with Crippen molar-refractivity contribution in [3.05, 3.63) is 45.4 Å². The standard InChI is InChI=1S/C14H11Br2N3O/c1-8-3-4-9(11(5-8)20-2)10-6-17-14-13(16)18-12(15)7-19(10)14/h3-7H,1-2H3. The number of methoxy groups -OCH3 is 1. The summed E-state index contributed by atoms with van der Waals surface area (Å²) in [6, 6.07) is 6.11. The Kier molecular flexibility index (Phi) is 3.52. The van der Waals surface area contributed by atoms with Crippen LogP contribution in [0.2, 0.25) is 0 Å². The van der Waals surface area contributed by atoms with E-state index in [1.807, 2.05) is 35.9 Å². The van der Waals surface area contributed by atoms with Crippen LogP contribution in [0.1, 0.15) is 5.56 Å². The lowest BCUT2D eigenvalue weighted by atomic mass is 10.1. The van der Waals surface area contributed by atoms with E-state index >= 15 is 0 Å². The normalized spacial score (nSPS) is 11.0. The number of rotatable bonds is 2. The molecule has 0 aliphatic heterocycles. The van der Waals surface area contributed by atoms with Gasteiger partial charge in [-0.05, 0) is 56.5 Å². The summed E-state index contributed by atoms with van der Waals surface area (Å²) in [7, 11) is 1.68. The Morgan fingerprint density at radius 2 is 2.05 bits per heavy atom. The number of fused-ring (bicyclic) bond motifs is 1. The molecule has 0 spiro atoms. The quantitative estimate of drug-likeness (QED) is 0.650. The fourth-order valence-electron chi connectivity index (χ4n) is 2.13. The van der Waals surface area contributed by atoms with Crippen LogP contribution in [0.25, 0.3) is 16.9 Å². The first-order chi connectivity index (χ1) is 9.60. The molecule has 3 rings (SSSR count). The first-order valence-corrected chi connectivity index (χ1v) is 7.53. The maximum Gasteiger partial charge on any atom is 0.170 e. The van der Waals surface area contributed by atoms with Gasteiger partial charge >= 0.3 is 0 Å². The zero-order chi connectivity index (χ0) is 14.3. The van der Waals surface area contributed by atoms with Crippen molar-refractivity contribution in [3.8, 4) is 17.0 Å². The van der Waals surface area contributed by atoms with Crippen molar-refractivity contribution < 1.29 is 4.74 Å². The molecule has 3 aromatic rings. The fraction of sp³-hybridized carbons (Fsp3) is 0.143. The van der Waals surface area contributed by atoms with Gasteiger partial charge in [0.05, 0.1) is 19.0 Å². The Balaban J connectivity index is 2.30. The molecule has 0 radical (unpaired) electrons. The van der Waals surface area contributed by atoms with Gasteiger partial charge in [0.15, 0.2) is 10.3 Å². The number of benzene rings is 1. The topological polar surface area (TPSA) is 39.4 Å². The van der Waals surface area contributed by atoms with Gasteiger partial charge < -0.3 is 4.74 Å². The van der Waals surface area contributed by atoms with Crippen molar-refractivity contribution in [3.63, 3.8) is 0 Å². The molecule has 2 aromatic heterocycles. The summed E-state index contributed by atoms with van der Waals surface area (Å²) in [5, 5.41) is 0. The summed E-state index contributed by atoms with van der Waals surface area (Å²) in [5.74, 6) is 0.829. The zero-order valence-corrected chi connectivity index (χ0v) is 14.1. The van der Waals surface area contributed by atoms with E-state index in [0.29, 0.717) is 4.60 Å². The number of halogens is 2. The Bertz CT molecular complexity index is 798. The fourth-order valence-corrected chi connectivity index (χ4v) is 3.24. The minimum atomic E-state index is 0.698. The van der Waals surface area contributed by atoms with Crippen molar-refractivity contribution in [1.29, 1.82) is 0 Å². The summed E-state index contributed by atoms with van der Waals surface area (Å²) in [4.78, 5) is 8.69. The molecular weight excluding hydrogens is 386 g/mol. The Labute approximate surface area is 133 Å². The number of ether oxygens (including phenoxy) is 1. The summed E-state index contributed by atoms with van der Waals surface area (Å²) in [5.41, 5.74) is 3.88. The van der Waals surface area contributed by atoms with Crippen molar-refractivity contribution in [2.24, 2.45) is 0 Å². The summed E-state index contributed by atoms with van der Waals surface area (Å²) < 4.78 is 8.90. The molecule has 0 saturated carbocycles. The zero-order valence-electron chi connectivity index (χ0n) is 10.9. The highest BCUT2D eigenvalue weighted by atomic mass is 79.9. The summed E-state index contributed by atoms with van der Waals surface area (Å²) >= 11 is 6.83. The molecule has 1 aromatic carbocycles.